The van der Waals surface area contributed by atoms with Crippen molar-refractivity contribution in [2.75, 3.05) is 19.6 Å². The molecule has 2 rings (SSSR count). The summed E-state index contributed by atoms with van der Waals surface area (Å²) in [6.07, 6.45) is 6.00. The van der Waals surface area contributed by atoms with Crippen LogP contribution >= 0.6 is 0 Å². The van der Waals surface area contributed by atoms with Crippen molar-refractivity contribution in [3.63, 3.8) is 0 Å². The summed E-state index contributed by atoms with van der Waals surface area (Å²) in [5, 5.41) is 1.39. The third-order valence-corrected chi connectivity index (χ3v) is 5.20. The molecular formula is C16H29N3O2. The zero-order valence-electron chi connectivity index (χ0n) is 13.4. The quantitative estimate of drug-likeness (QED) is 0.475. The summed E-state index contributed by atoms with van der Waals surface area (Å²) in [5.41, 5.74) is 0. The first kappa shape index (κ1) is 16.4. The minimum atomic E-state index is -0.197. The number of amides is 1. The van der Waals surface area contributed by atoms with E-state index < -0.39 is 0 Å². The average Bonchev–Trinajstić information content (AvgIpc) is 2.93. The lowest BCUT2D eigenvalue weighted by Gasteiger charge is -2.33. The molecule has 120 valence electrons. The lowest BCUT2D eigenvalue weighted by molar-refractivity contribution is -0.143. The maximum absolute atomic E-state index is 12.6. The van der Waals surface area contributed by atoms with Crippen molar-refractivity contribution >= 4 is 11.7 Å². The van der Waals surface area contributed by atoms with Gasteiger partial charge in [-0.2, -0.15) is 0 Å². The van der Waals surface area contributed by atoms with E-state index in [2.05, 4.69) is 11.8 Å². The molecule has 2 fully saturated rings. The van der Waals surface area contributed by atoms with Gasteiger partial charge in [0.05, 0.1) is 6.54 Å². The second kappa shape index (κ2) is 7.36. The van der Waals surface area contributed by atoms with Gasteiger partial charge in [-0.3, -0.25) is 19.5 Å². The molecule has 2 N–H and O–H groups in total. The fourth-order valence-corrected chi connectivity index (χ4v) is 3.96. The van der Waals surface area contributed by atoms with E-state index in [1.165, 1.54) is 11.4 Å². The molecule has 0 radical (unpaired) electrons. The van der Waals surface area contributed by atoms with Crippen LogP contribution in [0.5, 0.6) is 0 Å². The number of likely N-dealkylation sites (N-methyl/N-ethyl adjacent to an activating group) is 1. The summed E-state index contributed by atoms with van der Waals surface area (Å²) in [5.74, 6) is 5.84. The number of carbonyl (C=O) groups is 2. The van der Waals surface area contributed by atoms with E-state index >= 15 is 0 Å². The lowest BCUT2D eigenvalue weighted by atomic mass is 9.76. The molecule has 1 heterocycles. The Morgan fingerprint density at radius 2 is 1.81 bits per heavy atom. The number of rotatable bonds is 5. The number of nitrogens with two attached hydrogens (primary N) is 1. The largest absolute Gasteiger partial charge is 0.300 e. The van der Waals surface area contributed by atoms with Gasteiger partial charge in [0.2, 0.25) is 5.91 Å². The van der Waals surface area contributed by atoms with Crippen molar-refractivity contribution in [1.82, 2.24) is 9.91 Å². The molecule has 1 saturated carbocycles. The van der Waals surface area contributed by atoms with E-state index in [0.717, 1.165) is 45.2 Å². The van der Waals surface area contributed by atoms with Gasteiger partial charge in [0, 0.05) is 17.9 Å². The van der Waals surface area contributed by atoms with Crippen LogP contribution in [0, 0.1) is 11.8 Å². The molecule has 3 atom stereocenters. The molecule has 5 nitrogen and oxygen atoms in total. The van der Waals surface area contributed by atoms with Gasteiger partial charge in [0.1, 0.15) is 5.78 Å². The monoisotopic (exact) mass is 295 g/mol. The second-order valence-electron chi connectivity index (χ2n) is 6.52. The topological polar surface area (TPSA) is 66.6 Å². The summed E-state index contributed by atoms with van der Waals surface area (Å²) in [7, 11) is 0. The zero-order chi connectivity index (χ0) is 15.4. The molecule has 1 aliphatic carbocycles. The Kier molecular flexibility index (Phi) is 5.76. The van der Waals surface area contributed by atoms with Crippen molar-refractivity contribution < 1.29 is 9.59 Å². The van der Waals surface area contributed by atoms with Crippen molar-refractivity contribution in [3.8, 4) is 0 Å². The van der Waals surface area contributed by atoms with Gasteiger partial charge in [-0.1, -0.05) is 19.8 Å². The van der Waals surface area contributed by atoms with Gasteiger partial charge >= 0.3 is 0 Å². The molecule has 1 unspecified atom stereocenters. The Hall–Kier alpha value is -0.940. The molecule has 0 aromatic carbocycles. The number of hydrogen-bond donors (Lipinski definition) is 1. The van der Waals surface area contributed by atoms with E-state index in [1.54, 1.807) is 6.92 Å². The molecule has 0 spiro atoms. The second-order valence-corrected chi connectivity index (χ2v) is 6.52. The molecule has 0 aromatic rings. The maximum Gasteiger partial charge on any atom is 0.240 e. The third-order valence-electron chi connectivity index (χ3n) is 5.20. The van der Waals surface area contributed by atoms with E-state index in [-0.39, 0.29) is 23.5 Å². The SMILES string of the molecule is CCN1CCC[C@H]1CN(N)C(=O)[C@@H]1CCCCC1C(C)=O. The predicted octanol–water partition coefficient (Wildman–Crippen LogP) is 1.57. The fourth-order valence-electron chi connectivity index (χ4n) is 3.96. The molecule has 2 aliphatic rings. The van der Waals surface area contributed by atoms with Crippen LogP contribution in [0.25, 0.3) is 0 Å². The molecular weight excluding hydrogens is 266 g/mol. The number of hydrogen-bond acceptors (Lipinski definition) is 4. The fraction of sp³-hybridized carbons (Fsp3) is 0.875. The first-order valence-electron chi connectivity index (χ1n) is 8.35. The van der Waals surface area contributed by atoms with Gasteiger partial charge < -0.3 is 0 Å². The van der Waals surface area contributed by atoms with Gasteiger partial charge in [-0.15, -0.1) is 0 Å². The molecule has 0 bridgehead atoms. The van der Waals surface area contributed by atoms with Crippen LogP contribution in [0.15, 0.2) is 0 Å². The van der Waals surface area contributed by atoms with Crippen LogP contribution in [-0.4, -0.2) is 47.3 Å². The van der Waals surface area contributed by atoms with Crippen LogP contribution in [0.2, 0.25) is 0 Å². The first-order chi connectivity index (χ1) is 10.0. The van der Waals surface area contributed by atoms with Gasteiger partial charge in [0.15, 0.2) is 0 Å². The van der Waals surface area contributed by atoms with Crippen molar-refractivity contribution in [1.29, 1.82) is 0 Å². The van der Waals surface area contributed by atoms with E-state index in [0.29, 0.717) is 12.6 Å². The molecule has 1 saturated heterocycles. The highest BCUT2D eigenvalue weighted by Crippen LogP contribution is 2.32. The Morgan fingerprint density at radius 3 is 2.43 bits per heavy atom. The predicted molar refractivity (Wildman–Crippen MR) is 82.3 cm³/mol. The molecule has 0 aromatic heterocycles. The highest BCUT2D eigenvalue weighted by atomic mass is 16.2. The van der Waals surface area contributed by atoms with Crippen LogP contribution in [0.1, 0.15) is 52.4 Å². The van der Waals surface area contributed by atoms with Gasteiger partial charge in [0.25, 0.3) is 0 Å². The number of nitrogens with zero attached hydrogens (tertiary/aromatic N) is 2. The smallest absolute Gasteiger partial charge is 0.240 e. The number of likely N-dealkylation sites (tertiary alicyclic amines) is 1. The van der Waals surface area contributed by atoms with Gasteiger partial charge in [-0.05, 0) is 45.7 Å². The van der Waals surface area contributed by atoms with Gasteiger partial charge in [-0.25, -0.2) is 5.84 Å². The maximum atomic E-state index is 12.6. The van der Waals surface area contributed by atoms with E-state index in [4.69, 9.17) is 5.84 Å². The van der Waals surface area contributed by atoms with Crippen LogP contribution < -0.4 is 5.84 Å². The average molecular weight is 295 g/mol. The number of Topliss-reactive ketones (excluding diaryl/α,β-unsaturated/α-hetero) is 1. The van der Waals surface area contributed by atoms with E-state index in [1.807, 2.05) is 0 Å². The van der Waals surface area contributed by atoms with Crippen LogP contribution in [-0.2, 0) is 9.59 Å². The van der Waals surface area contributed by atoms with E-state index in [9.17, 15) is 9.59 Å². The summed E-state index contributed by atoms with van der Waals surface area (Å²) >= 11 is 0. The minimum Gasteiger partial charge on any atom is -0.300 e. The normalized spacial score (nSPS) is 30.3. The van der Waals surface area contributed by atoms with Crippen molar-refractivity contribution in [2.24, 2.45) is 17.7 Å². The minimum absolute atomic E-state index is 0.0298. The standard InChI is InChI=1S/C16H29N3O2/c1-3-18-10-6-7-13(18)11-19(17)16(21)15-9-5-4-8-14(15)12(2)20/h13-15H,3-11,17H2,1-2H3/t13-,14?,15+/m0/s1. The Balaban J connectivity index is 1.95. The summed E-state index contributed by atoms with van der Waals surface area (Å²) in [6, 6.07) is 0.378. The molecule has 5 heteroatoms. The third kappa shape index (κ3) is 3.83. The molecule has 21 heavy (non-hydrogen) atoms. The highest BCUT2D eigenvalue weighted by Gasteiger charge is 2.36. The summed E-state index contributed by atoms with van der Waals surface area (Å²) in [6.45, 7) is 6.45. The Labute approximate surface area is 127 Å². The van der Waals surface area contributed by atoms with Crippen molar-refractivity contribution in [3.05, 3.63) is 0 Å². The first-order valence-corrected chi connectivity index (χ1v) is 8.35. The zero-order valence-corrected chi connectivity index (χ0v) is 13.4. The number of ketones is 1. The number of hydrazine groups is 1. The Bertz CT molecular complexity index is 386. The van der Waals surface area contributed by atoms with Crippen LogP contribution in [0.3, 0.4) is 0 Å². The summed E-state index contributed by atoms with van der Waals surface area (Å²) in [4.78, 5) is 26.8. The van der Waals surface area contributed by atoms with Crippen LogP contribution in [0.4, 0.5) is 0 Å². The number of carbonyl (C=O) groups excluding carboxylic acids is 2. The molecule has 1 amide bonds. The molecule has 1 aliphatic heterocycles. The summed E-state index contributed by atoms with van der Waals surface area (Å²) < 4.78 is 0. The lowest BCUT2D eigenvalue weighted by Crippen LogP contribution is -2.50. The Morgan fingerprint density at radius 1 is 1.14 bits per heavy atom. The van der Waals surface area contributed by atoms with Crippen molar-refractivity contribution in [2.45, 2.75) is 58.4 Å². The highest BCUT2D eigenvalue weighted by molar-refractivity contribution is 5.87.